The first-order valence-electron chi connectivity index (χ1n) is 7.50. The summed E-state index contributed by atoms with van der Waals surface area (Å²) in [6, 6.07) is 5.61. The van der Waals surface area contributed by atoms with Crippen molar-refractivity contribution in [2.24, 2.45) is 11.3 Å². The van der Waals surface area contributed by atoms with E-state index in [1.807, 2.05) is 37.2 Å². The Morgan fingerprint density at radius 2 is 1.96 bits per heavy atom. The number of rotatable bonds is 3. The molecule has 1 aromatic carbocycles. The first-order valence-corrected chi connectivity index (χ1v) is 7.88. The molecule has 0 radical (unpaired) electrons. The van der Waals surface area contributed by atoms with Gasteiger partial charge in [0.25, 0.3) is 0 Å². The molecular formula is C16H24Cl3N3O. The van der Waals surface area contributed by atoms with Gasteiger partial charge in [0.15, 0.2) is 0 Å². The summed E-state index contributed by atoms with van der Waals surface area (Å²) in [6.45, 7) is 2.06. The summed E-state index contributed by atoms with van der Waals surface area (Å²) in [5, 5.41) is 7.09. The highest BCUT2D eigenvalue weighted by Gasteiger charge is 2.57. The molecule has 1 aliphatic carbocycles. The van der Waals surface area contributed by atoms with Crippen LogP contribution in [0.5, 0.6) is 0 Å². The molecule has 1 unspecified atom stereocenters. The normalized spacial score (nSPS) is 20.9. The van der Waals surface area contributed by atoms with Crippen LogP contribution < -0.4 is 15.5 Å². The summed E-state index contributed by atoms with van der Waals surface area (Å²) in [7, 11) is 3.93. The van der Waals surface area contributed by atoms with Crippen LogP contribution in [-0.2, 0) is 4.79 Å². The van der Waals surface area contributed by atoms with Crippen molar-refractivity contribution in [3.05, 3.63) is 23.2 Å². The molecule has 4 nitrogen and oxygen atoms in total. The van der Waals surface area contributed by atoms with Crippen molar-refractivity contribution in [2.75, 3.05) is 37.4 Å². The van der Waals surface area contributed by atoms with E-state index in [0.29, 0.717) is 5.02 Å². The van der Waals surface area contributed by atoms with E-state index in [0.717, 1.165) is 43.7 Å². The van der Waals surface area contributed by atoms with Crippen LogP contribution in [0.2, 0.25) is 5.02 Å². The second-order valence-corrected chi connectivity index (χ2v) is 6.85. The van der Waals surface area contributed by atoms with Crippen LogP contribution in [0, 0.1) is 11.3 Å². The zero-order valence-electron chi connectivity index (χ0n) is 13.4. The molecule has 1 saturated carbocycles. The molecule has 1 aromatic rings. The van der Waals surface area contributed by atoms with Gasteiger partial charge in [-0.25, -0.2) is 0 Å². The third kappa shape index (κ3) is 4.24. The predicted octanol–water partition coefficient (Wildman–Crippen LogP) is 3.58. The highest BCUT2D eigenvalue weighted by molar-refractivity contribution is 6.31. The van der Waals surface area contributed by atoms with Crippen LogP contribution in [0.4, 0.5) is 11.4 Å². The van der Waals surface area contributed by atoms with Gasteiger partial charge in [0.1, 0.15) is 0 Å². The lowest BCUT2D eigenvalue weighted by atomic mass is 9.92. The molecule has 1 atom stereocenters. The third-order valence-electron chi connectivity index (χ3n) is 4.80. The van der Waals surface area contributed by atoms with Gasteiger partial charge in [-0.2, -0.15) is 0 Å². The van der Waals surface area contributed by atoms with Gasteiger partial charge in [-0.15, -0.1) is 24.8 Å². The van der Waals surface area contributed by atoms with Gasteiger partial charge in [0, 0.05) is 25.0 Å². The molecule has 2 aliphatic rings. The monoisotopic (exact) mass is 379 g/mol. The van der Waals surface area contributed by atoms with E-state index < -0.39 is 0 Å². The summed E-state index contributed by atoms with van der Waals surface area (Å²) >= 11 is 6.06. The highest BCUT2D eigenvalue weighted by Crippen LogP contribution is 2.58. The van der Waals surface area contributed by atoms with Crippen LogP contribution in [0.25, 0.3) is 0 Å². The highest BCUT2D eigenvalue weighted by atomic mass is 35.5. The van der Waals surface area contributed by atoms with E-state index >= 15 is 0 Å². The molecule has 0 aromatic heterocycles. The van der Waals surface area contributed by atoms with E-state index in [-0.39, 0.29) is 42.1 Å². The van der Waals surface area contributed by atoms with Gasteiger partial charge in [-0.3, -0.25) is 4.79 Å². The molecule has 3 rings (SSSR count). The number of anilines is 2. The number of carbonyl (C=O) groups is 1. The number of benzene rings is 1. The van der Waals surface area contributed by atoms with Crippen molar-refractivity contribution >= 4 is 53.7 Å². The molecular weight excluding hydrogens is 357 g/mol. The number of nitrogens with zero attached hydrogens (tertiary/aromatic N) is 1. The summed E-state index contributed by atoms with van der Waals surface area (Å²) in [5.41, 5.74) is 2.04. The molecule has 1 saturated heterocycles. The Hall–Kier alpha value is -0.680. The largest absolute Gasteiger partial charge is 0.376 e. The van der Waals surface area contributed by atoms with Crippen LogP contribution in [0.1, 0.15) is 19.3 Å². The zero-order valence-corrected chi connectivity index (χ0v) is 15.8. The average molecular weight is 381 g/mol. The summed E-state index contributed by atoms with van der Waals surface area (Å²) in [4.78, 5) is 14.5. The van der Waals surface area contributed by atoms with Gasteiger partial charge in [-0.05, 0) is 56.0 Å². The Balaban J connectivity index is 0.00000132. The molecule has 0 bridgehead atoms. The number of carbonyl (C=O) groups excluding carboxylic acids is 1. The number of piperidine rings is 1. The Bertz CT molecular complexity index is 560. The fraction of sp³-hybridized carbons (Fsp3) is 0.562. The quantitative estimate of drug-likeness (QED) is 0.842. The average Bonchev–Trinajstić information content (AvgIpc) is 3.13. The van der Waals surface area contributed by atoms with E-state index in [2.05, 4.69) is 10.6 Å². The van der Waals surface area contributed by atoms with Crippen LogP contribution in [0.15, 0.2) is 18.2 Å². The van der Waals surface area contributed by atoms with E-state index in [9.17, 15) is 4.79 Å². The molecule has 1 spiro atoms. The number of nitrogens with one attached hydrogen (secondary N) is 2. The SMILES string of the molecule is CN(C)c1ccc(Cl)cc1NC(=O)C1CC12CCNCC2.Cl.Cl. The first kappa shape index (κ1) is 20.4. The second kappa shape index (κ2) is 7.93. The Labute approximate surface area is 155 Å². The molecule has 1 aliphatic heterocycles. The van der Waals surface area contributed by atoms with Gasteiger partial charge in [0.05, 0.1) is 11.4 Å². The van der Waals surface area contributed by atoms with Crippen molar-refractivity contribution < 1.29 is 4.79 Å². The number of halogens is 3. The maximum absolute atomic E-state index is 12.5. The Kier molecular flexibility index (Phi) is 7.02. The molecule has 23 heavy (non-hydrogen) atoms. The number of amides is 1. The van der Waals surface area contributed by atoms with E-state index in [1.165, 1.54) is 0 Å². The van der Waals surface area contributed by atoms with Crippen LogP contribution >= 0.6 is 36.4 Å². The zero-order chi connectivity index (χ0) is 15.0. The van der Waals surface area contributed by atoms with Gasteiger partial charge >= 0.3 is 0 Å². The Morgan fingerprint density at radius 1 is 1.30 bits per heavy atom. The van der Waals surface area contributed by atoms with Crippen molar-refractivity contribution in [1.82, 2.24) is 5.32 Å². The lowest BCUT2D eigenvalue weighted by Crippen LogP contribution is -2.31. The van der Waals surface area contributed by atoms with Crippen molar-refractivity contribution in [1.29, 1.82) is 0 Å². The first-order chi connectivity index (χ1) is 10.0. The molecule has 1 amide bonds. The van der Waals surface area contributed by atoms with E-state index in [4.69, 9.17) is 11.6 Å². The Morgan fingerprint density at radius 3 is 2.57 bits per heavy atom. The van der Waals surface area contributed by atoms with Gasteiger partial charge in [0.2, 0.25) is 5.91 Å². The molecule has 7 heteroatoms. The predicted molar refractivity (Wildman–Crippen MR) is 102 cm³/mol. The van der Waals surface area contributed by atoms with Gasteiger partial charge < -0.3 is 15.5 Å². The second-order valence-electron chi connectivity index (χ2n) is 6.41. The van der Waals surface area contributed by atoms with Crippen molar-refractivity contribution in [3.63, 3.8) is 0 Å². The molecule has 2 N–H and O–H groups in total. The number of hydrogen-bond donors (Lipinski definition) is 2. The fourth-order valence-electron chi connectivity index (χ4n) is 3.41. The topological polar surface area (TPSA) is 44.4 Å². The van der Waals surface area contributed by atoms with Crippen LogP contribution in [-0.4, -0.2) is 33.1 Å². The standard InChI is InChI=1S/C16H22ClN3O.2ClH/c1-20(2)14-4-3-11(17)9-13(14)19-15(21)12-10-16(12)5-7-18-8-6-16;;/h3-4,9,12,18H,5-8,10H2,1-2H3,(H,19,21);2*1H. The lowest BCUT2D eigenvalue weighted by Gasteiger charge is -2.23. The molecule has 1 heterocycles. The third-order valence-corrected chi connectivity index (χ3v) is 5.04. The smallest absolute Gasteiger partial charge is 0.228 e. The van der Waals surface area contributed by atoms with Crippen molar-refractivity contribution in [2.45, 2.75) is 19.3 Å². The van der Waals surface area contributed by atoms with Crippen LogP contribution in [0.3, 0.4) is 0 Å². The summed E-state index contributed by atoms with van der Waals surface area (Å²) in [6.07, 6.45) is 3.25. The maximum atomic E-state index is 12.5. The fourth-order valence-corrected chi connectivity index (χ4v) is 3.59. The molecule has 130 valence electrons. The van der Waals surface area contributed by atoms with Gasteiger partial charge in [-0.1, -0.05) is 11.6 Å². The minimum absolute atomic E-state index is 0. The number of hydrogen-bond acceptors (Lipinski definition) is 3. The molecule has 2 fully saturated rings. The summed E-state index contributed by atoms with van der Waals surface area (Å²) in [5.74, 6) is 0.302. The lowest BCUT2D eigenvalue weighted by molar-refractivity contribution is -0.118. The minimum Gasteiger partial charge on any atom is -0.376 e. The minimum atomic E-state index is 0. The van der Waals surface area contributed by atoms with Crippen molar-refractivity contribution in [3.8, 4) is 0 Å². The summed E-state index contributed by atoms with van der Waals surface area (Å²) < 4.78 is 0. The maximum Gasteiger partial charge on any atom is 0.228 e. The van der Waals surface area contributed by atoms with E-state index in [1.54, 1.807) is 0 Å².